The number of rotatable bonds is 2. The summed E-state index contributed by atoms with van der Waals surface area (Å²) in [6, 6.07) is 7.31. The van der Waals surface area contributed by atoms with Gasteiger partial charge >= 0.3 is 0 Å². The number of ketones is 1. The Hall–Kier alpha value is -1.97. The van der Waals surface area contributed by atoms with Gasteiger partial charge in [0.1, 0.15) is 12.7 Å². The standard InChI is InChI=1S/C10H9N3O/c1-8(14)9-4-2-3-5-10(9)13-7-11-6-12-13/h2-7H,1H3. The zero-order valence-electron chi connectivity index (χ0n) is 7.71. The fourth-order valence-electron chi connectivity index (χ4n) is 1.30. The zero-order valence-corrected chi connectivity index (χ0v) is 7.71. The summed E-state index contributed by atoms with van der Waals surface area (Å²) in [4.78, 5) is 15.1. The lowest BCUT2D eigenvalue weighted by Gasteiger charge is -2.04. The van der Waals surface area contributed by atoms with Gasteiger partial charge in [0.25, 0.3) is 0 Å². The van der Waals surface area contributed by atoms with Crippen molar-refractivity contribution in [1.82, 2.24) is 14.8 Å². The first kappa shape index (κ1) is 8.62. The molecule has 2 rings (SSSR count). The lowest BCUT2D eigenvalue weighted by Crippen LogP contribution is -2.03. The van der Waals surface area contributed by atoms with E-state index in [1.54, 1.807) is 17.1 Å². The molecule has 0 saturated carbocycles. The Morgan fingerprint density at radius 1 is 1.36 bits per heavy atom. The van der Waals surface area contributed by atoms with Crippen molar-refractivity contribution in [3.05, 3.63) is 42.5 Å². The van der Waals surface area contributed by atoms with E-state index in [4.69, 9.17) is 0 Å². The van der Waals surface area contributed by atoms with Gasteiger partial charge in [-0.15, -0.1) is 0 Å². The Morgan fingerprint density at radius 3 is 2.79 bits per heavy atom. The van der Waals surface area contributed by atoms with Crippen LogP contribution in [0.15, 0.2) is 36.9 Å². The minimum atomic E-state index is 0.0242. The highest BCUT2D eigenvalue weighted by atomic mass is 16.1. The fourth-order valence-corrected chi connectivity index (χ4v) is 1.30. The SMILES string of the molecule is CC(=O)c1ccccc1-n1cncn1. The highest BCUT2D eigenvalue weighted by Crippen LogP contribution is 2.12. The van der Waals surface area contributed by atoms with Gasteiger partial charge in [0.05, 0.1) is 5.69 Å². The van der Waals surface area contributed by atoms with Gasteiger partial charge in [-0.3, -0.25) is 4.79 Å². The second-order valence-corrected chi connectivity index (χ2v) is 2.91. The topological polar surface area (TPSA) is 47.8 Å². The lowest BCUT2D eigenvalue weighted by atomic mass is 10.1. The molecule has 0 fully saturated rings. The van der Waals surface area contributed by atoms with E-state index in [0.29, 0.717) is 5.56 Å². The molecule has 0 N–H and O–H groups in total. The number of para-hydroxylation sites is 1. The summed E-state index contributed by atoms with van der Waals surface area (Å²) in [6.07, 6.45) is 3.01. The van der Waals surface area contributed by atoms with Crippen molar-refractivity contribution in [2.45, 2.75) is 6.92 Å². The molecule has 4 heteroatoms. The highest BCUT2D eigenvalue weighted by molar-refractivity contribution is 5.97. The van der Waals surface area contributed by atoms with Gasteiger partial charge < -0.3 is 0 Å². The van der Waals surface area contributed by atoms with Crippen LogP contribution in [0.5, 0.6) is 0 Å². The van der Waals surface area contributed by atoms with Crippen LogP contribution in [-0.4, -0.2) is 20.5 Å². The molecule has 2 aromatic rings. The summed E-state index contributed by atoms with van der Waals surface area (Å²) >= 11 is 0. The van der Waals surface area contributed by atoms with Crippen LogP contribution in [0, 0.1) is 0 Å². The highest BCUT2D eigenvalue weighted by Gasteiger charge is 2.07. The van der Waals surface area contributed by atoms with Crippen molar-refractivity contribution >= 4 is 5.78 Å². The molecule has 0 atom stereocenters. The third-order valence-electron chi connectivity index (χ3n) is 1.95. The molecule has 0 spiro atoms. The summed E-state index contributed by atoms with van der Waals surface area (Å²) in [7, 11) is 0. The smallest absolute Gasteiger partial charge is 0.161 e. The minimum absolute atomic E-state index is 0.0242. The molecule has 0 saturated heterocycles. The molecule has 14 heavy (non-hydrogen) atoms. The fraction of sp³-hybridized carbons (Fsp3) is 0.100. The number of Topliss-reactive ketones (excluding diaryl/α,β-unsaturated/α-hetero) is 1. The third kappa shape index (κ3) is 1.42. The van der Waals surface area contributed by atoms with Crippen molar-refractivity contribution in [2.24, 2.45) is 0 Å². The van der Waals surface area contributed by atoms with Gasteiger partial charge in [0, 0.05) is 5.56 Å². The van der Waals surface area contributed by atoms with E-state index >= 15 is 0 Å². The predicted molar refractivity (Wildman–Crippen MR) is 51.4 cm³/mol. The molecule has 4 nitrogen and oxygen atoms in total. The van der Waals surface area contributed by atoms with Gasteiger partial charge in [0.2, 0.25) is 0 Å². The van der Waals surface area contributed by atoms with E-state index in [0.717, 1.165) is 5.69 Å². The Morgan fingerprint density at radius 2 is 2.14 bits per heavy atom. The van der Waals surface area contributed by atoms with E-state index in [9.17, 15) is 4.79 Å². The molecule has 0 radical (unpaired) electrons. The van der Waals surface area contributed by atoms with E-state index in [1.165, 1.54) is 13.3 Å². The van der Waals surface area contributed by atoms with Gasteiger partial charge in [-0.1, -0.05) is 12.1 Å². The Balaban J connectivity index is 2.58. The molecular formula is C10H9N3O. The maximum atomic E-state index is 11.3. The second-order valence-electron chi connectivity index (χ2n) is 2.91. The van der Waals surface area contributed by atoms with Gasteiger partial charge in [0.15, 0.2) is 5.78 Å². The largest absolute Gasteiger partial charge is 0.294 e. The normalized spacial score (nSPS) is 10.1. The van der Waals surface area contributed by atoms with E-state index in [1.807, 2.05) is 18.2 Å². The van der Waals surface area contributed by atoms with Gasteiger partial charge in [-0.25, -0.2) is 9.67 Å². The number of nitrogens with zero attached hydrogens (tertiary/aromatic N) is 3. The zero-order chi connectivity index (χ0) is 9.97. The summed E-state index contributed by atoms with van der Waals surface area (Å²) in [5.41, 5.74) is 1.41. The molecule has 1 heterocycles. The summed E-state index contributed by atoms with van der Waals surface area (Å²) in [6.45, 7) is 1.54. The molecule has 1 aromatic heterocycles. The Bertz CT molecular complexity index is 448. The quantitative estimate of drug-likeness (QED) is 0.669. The summed E-state index contributed by atoms with van der Waals surface area (Å²) in [5, 5.41) is 3.98. The lowest BCUT2D eigenvalue weighted by molar-refractivity contribution is 0.101. The van der Waals surface area contributed by atoms with Gasteiger partial charge in [-0.05, 0) is 19.1 Å². The maximum absolute atomic E-state index is 11.3. The number of benzene rings is 1. The molecule has 0 aliphatic heterocycles. The number of aromatic nitrogens is 3. The first-order valence-corrected chi connectivity index (χ1v) is 4.24. The molecule has 0 aliphatic carbocycles. The van der Waals surface area contributed by atoms with Gasteiger partial charge in [-0.2, -0.15) is 5.10 Å². The van der Waals surface area contributed by atoms with Crippen LogP contribution in [0.3, 0.4) is 0 Å². The van der Waals surface area contributed by atoms with Crippen LogP contribution in [-0.2, 0) is 0 Å². The first-order chi connectivity index (χ1) is 6.79. The van der Waals surface area contributed by atoms with Crippen LogP contribution in [0.1, 0.15) is 17.3 Å². The van der Waals surface area contributed by atoms with E-state index < -0.39 is 0 Å². The third-order valence-corrected chi connectivity index (χ3v) is 1.95. The molecular weight excluding hydrogens is 178 g/mol. The van der Waals surface area contributed by atoms with Crippen molar-refractivity contribution in [3.63, 3.8) is 0 Å². The van der Waals surface area contributed by atoms with Crippen LogP contribution in [0.4, 0.5) is 0 Å². The Labute approximate surface area is 81.2 Å². The monoisotopic (exact) mass is 187 g/mol. The van der Waals surface area contributed by atoms with Crippen molar-refractivity contribution < 1.29 is 4.79 Å². The number of hydrogen-bond donors (Lipinski definition) is 0. The van der Waals surface area contributed by atoms with E-state index in [-0.39, 0.29) is 5.78 Å². The minimum Gasteiger partial charge on any atom is -0.294 e. The van der Waals surface area contributed by atoms with Crippen LogP contribution >= 0.6 is 0 Å². The molecule has 0 unspecified atom stereocenters. The molecule has 0 aliphatic rings. The molecule has 0 amide bonds. The average Bonchev–Trinajstić information content (AvgIpc) is 2.70. The Kier molecular flexibility index (Phi) is 2.10. The van der Waals surface area contributed by atoms with Crippen LogP contribution in [0.25, 0.3) is 5.69 Å². The van der Waals surface area contributed by atoms with Crippen molar-refractivity contribution in [1.29, 1.82) is 0 Å². The van der Waals surface area contributed by atoms with Crippen molar-refractivity contribution in [3.8, 4) is 5.69 Å². The molecule has 1 aromatic carbocycles. The molecule has 0 bridgehead atoms. The maximum Gasteiger partial charge on any atom is 0.161 e. The van der Waals surface area contributed by atoms with Crippen LogP contribution in [0.2, 0.25) is 0 Å². The summed E-state index contributed by atoms with van der Waals surface area (Å²) < 4.78 is 1.58. The average molecular weight is 187 g/mol. The first-order valence-electron chi connectivity index (χ1n) is 4.24. The van der Waals surface area contributed by atoms with E-state index in [2.05, 4.69) is 10.1 Å². The predicted octanol–water partition coefficient (Wildman–Crippen LogP) is 1.47. The van der Waals surface area contributed by atoms with Crippen LogP contribution < -0.4 is 0 Å². The molecule has 70 valence electrons. The van der Waals surface area contributed by atoms with Crippen molar-refractivity contribution in [2.75, 3.05) is 0 Å². The number of carbonyl (C=O) groups excluding carboxylic acids is 1. The number of hydrogen-bond acceptors (Lipinski definition) is 3. The number of carbonyl (C=O) groups is 1. The summed E-state index contributed by atoms with van der Waals surface area (Å²) in [5.74, 6) is 0.0242. The second kappa shape index (κ2) is 3.41.